The fraction of sp³-hybridized carbons (Fsp3) is 0. The third-order valence-electron chi connectivity index (χ3n) is 9.97. The number of hydrogen-bond donors (Lipinski definition) is 0. The van der Waals surface area contributed by atoms with Gasteiger partial charge >= 0.3 is 0 Å². The van der Waals surface area contributed by atoms with Gasteiger partial charge in [0.2, 0.25) is 0 Å². The van der Waals surface area contributed by atoms with Crippen molar-refractivity contribution in [3.8, 4) is 67.3 Å². The van der Waals surface area contributed by atoms with Crippen LogP contribution in [0.1, 0.15) is 0 Å². The van der Waals surface area contributed by atoms with Crippen molar-refractivity contribution in [1.29, 1.82) is 0 Å². The van der Waals surface area contributed by atoms with Crippen molar-refractivity contribution in [2.75, 3.05) is 0 Å². The van der Waals surface area contributed by atoms with Gasteiger partial charge in [-0.2, -0.15) is 0 Å². The van der Waals surface area contributed by atoms with Crippen molar-refractivity contribution < 1.29 is 4.42 Å². The first-order valence-corrected chi connectivity index (χ1v) is 17.7. The standard InChI is InChI=1S/C49H31N3O/c1-2-9-36(10-3-1)49-51-45(35-17-14-33(15-18-35)34-22-24-50-25-23-34)31-46(52-49)42-28-40(38-19-16-32-8-4-5-11-37(32)26-38)27-41(29-42)39-20-21-48-44(30-39)43-12-6-7-13-47(43)53-48/h1-31H. The van der Waals surface area contributed by atoms with Crippen molar-refractivity contribution in [1.82, 2.24) is 15.0 Å². The normalized spacial score (nSPS) is 11.4. The van der Waals surface area contributed by atoms with Gasteiger partial charge in [0, 0.05) is 39.9 Å². The molecule has 0 aliphatic heterocycles. The molecule has 0 fully saturated rings. The largest absolute Gasteiger partial charge is 0.456 e. The Morgan fingerprint density at radius 3 is 1.72 bits per heavy atom. The third-order valence-corrected chi connectivity index (χ3v) is 9.97. The number of benzene rings is 7. The van der Waals surface area contributed by atoms with Crippen molar-refractivity contribution in [2.45, 2.75) is 0 Å². The summed E-state index contributed by atoms with van der Waals surface area (Å²) in [6.45, 7) is 0. The number of para-hydroxylation sites is 1. The number of furan rings is 1. The summed E-state index contributed by atoms with van der Waals surface area (Å²) in [6, 6.07) is 61.6. The molecule has 10 rings (SSSR count). The third kappa shape index (κ3) is 5.82. The summed E-state index contributed by atoms with van der Waals surface area (Å²) >= 11 is 0. The molecule has 0 N–H and O–H groups in total. The van der Waals surface area contributed by atoms with Crippen LogP contribution in [0.2, 0.25) is 0 Å². The van der Waals surface area contributed by atoms with Crippen molar-refractivity contribution in [3.05, 3.63) is 188 Å². The molecule has 0 spiro atoms. The lowest BCUT2D eigenvalue weighted by Crippen LogP contribution is -1.96. The second kappa shape index (κ2) is 12.9. The van der Waals surface area contributed by atoms with E-state index in [1.54, 1.807) is 0 Å². The topological polar surface area (TPSA) is 51.8 Å². The van der Waals surface area contributed by atoms with Gasteiger partial charge in [0.05, 0.1) is 11.4 Å². The Kier molecular flexibility index (Phi) is 7.43. The highest BCUT2D eigenvalue weighted by Gasteiger charge is 2.15. The second-order valence-electron chi connectivity index (χ2n) is 13.3. The molecule has 0 unspecified atom stereocenters. The first kappa shape index (κ1) is 30.6. The Morgan fingerprint density at radius 2 is 0.906 bits per heavy atom. The molecule has 0 radical (unpaired) electrons. The van der Waals surface area contributed by atoms with Gasteiger partial charge < -0.3 is 4.42 Å². The van der Waals surface area contributed by atoms with E-state index in [-0.39, 0.29) is 0 Å². The fourth-order valence-electron chi connectivity index (χ4n) is 7.22. The molecular formula is C49H31N3O. The van der Waals surface area contributed by atoms with Gasteiger partial charge in [-0.25, -0.2) is 9.97 Å². The smallest absolute Gasteiger partial charge is 0.160 e. The van der Waals surface area contributed by atoms with E-state index in [2.05, 4.69) is 138 Å². The van der Waals surface area contributed by atoms with Crippen LogP contribution in [0.25, 0.3) is 100.0 Å². The van der Waals surface area contributed by atoms with E-state index in [9.17, 15) is 0 Å². The summed E-state index contributed by atoms with van der Waals surface area (Å²) in [5.74, 6) is 0.681. The molecule has 0 bridgehead atoms. The highest BCUT2D eigenvalue weighted by Crippen LogP contribution is 2.38. The molecule has 0 saturated heterocycles. The van der Waals surface area contributed by atoms with E-state index in [4.69, 9.17) is 14.4 Å². The van der Waals surface area contributed by atoms with E-state index in [0.29, 0.717) is 5.82 Å². The molecule has 0 atom stereocenters. The molecule has 53 heavy (non-hydrogen) atoms. The Hall–Kier alpha value is -7.17. The second-order valence-corrected chi connectivity index (χ2v) is 13.3. The first-order valence-electron chi connectivity index (χ1n) is 17.7. The molecule has 7 aromatic carbocycles. The zero-order valence-electron chi connectivity index (χ0n) is 28.6. The lowest BCUT2D eigenvalue weighted by molar-refractivity contribution is 0.669. The van der Waals surface area contributed by atoms with Crippen LogP contribution in [0.5, 0.6) is 0 Å². The van der Waals surface area contributed by atoms with Gasteiger partial charge in [0.25, 0.3) is 0 Å². The monoisotopic (exact) mass is 677 g/mol. The number of pyridine rings is 1. The van der Waals surface area contributed by atoms with Crippen molar-refractivity contribution in [2.24, 2.45) is 0 Å². The minimum Gasteiger partial charge on any atom is -0.456 e. The Balaban J connectivity index is 1.17. The maximum absolute atomic E-state index is 6.19. The molecule has 0 amide bonds. The van der Waals surface area contributed by atoms with Crippen LogP contribution in [-0.4, -0.2) is 15.0 Å². The van der Waals surface area contributed by atoms with E-state index in [0.717, 1.165) is 83.4 Å². The molecule has 4 nitrogen and oxygen atoms in total. The lowest BCUT2D eigenvalue weighted by Gasteiger charge is -2.14. The van der Waals surface area contributed by atoms with Gasteiger partial charge in [-0.15, -0.1) is 0 Å². The summed E-state index contributed by atoms with van der Waals surface area (Å²) in [7, 11) is 0. The zero-order valence-corrected chi connectivity index (χ0v) is 28.6. The molecule has 4 heteroatoms. The minimum atomic E-state index is 0.681. The quantitative estimate of drug-likeness (QED) is 0.176. The molecule has 0 aliphatic rings. The predicted molar refractivity (Wildman–Crippen MR) is 217 cm³/mol. The molecule has 0 aliphatic carbocycles. The average Bonchev–Trinajstić information content (AvgIpc) is 3.62. The highest BCUT2D eigenvalue weighted by molar-refractivity contribution is 6.06. The van der Waals surface area contributed by atoms with Crippen LogP contribution >= 0.6 is 0 Å². The number of hydrogen-bond acceptors (Lipinski definition) is 4. The number of nitrogens with zero attached hydrogens (tertiary/aromatic N) is 3. The molecular weight excluding hydrogens is 647 g/mol. The van der Waals surface area contributed by atoms with Gasteiger partial charge in [-0.3, -0.25) is 4.98 Å². The minimum absolute atomic E-state index is 0.681. The Morgan fingerprint density at radius 1 is 0.321 bits per heavy atom. The summed E-state index contributed by atoms with van der Waals surface area (Å²) in [5, 5.41) is 4.63. The van der Waals surface area contributed by atoms with Crippen LogP contribution in [0.15, 0.2) is 193 Å². The van der Waals surface area contributed by atoms with Crippen LogP contribution < -0.4 is 0 Å². The fourth-order valence-corrected chi connectivity index (χ4v) is 7.22. The van der Waals surface area contributed by atoms with E-state index in [1.807, 2.05) is 54.9 Å². The van der Waals surface area contributed by atoms with E-state index < -0.39 is 0 Å². The van der Waals surface area contributed by atoms with Crippen molar-refractivity contribution in [3.63, 3.8) is 0 Å². The van der Waals surface area contributed by atoms with Gasteiger partial charge in [0.1, 0.15) is 11.2 Å². The SMILES string of the molecule is c1ccc(-c2nc(-c3ccc(-c4ccncc4)cc3)cc(-c3cc(-c4ccc5ccccc5c4)cc(-c4ccc5oc6ccccc6c5c4)c3)n2)cc1. The Bertz CT molecular complexity index is 2930. The lowest BCUT2D eigenvalue weighted by atomic mass is 9.93. The average molecular weight is 678 g/mol. The summed E-state index contributed by atoms with van der Waals surface area (Å²) in [4.78, 5) is 14.5. The van der Waals surface area contributed by atoms with Gasteiger partial charge in [-0.05, 0) is 105 Å². The number of aromatic nitrogens is 3. The maximum Gasteiger partial charge on any atom is 0.160 e. The number of fused-ring (bicyclic) bond motifs is 4. The van der Waals surface area contributed by atoms with Crippen molar-refractivity contribution >= 4 is 32.7 Å². The maximum atomic E-state index is 6.19. The highest BCUT2D eigenvalue weighted by atomic mass is 16.3. The van der Waals surface area contributed by atoms with Crippen LogP contribution in [0.4, 0.5) is 0 Å². The molecule has 0 saturated carbocycles. The molecule has 248 valence electrons. The van der Waals surface area contributed by atoms with Gasteiger partial charge in [-0.1, -0.05) is 115 Å². The van der Waals surface area contributed by atoms with Crippen LogP contribution in [0, 0.1) is 0 Å². The summed E-state index contributed by atoms with van der Waals surface area (Å²) in [6.07, 6.45) is 3.64. The predicted octanol–water partition coefficient (Wildman–Crippen LogP) is 12.9. The summed E-state index contributed by atoms with van der Waals surface area (Å²) in [5.41, 5.74) is 13.2. The molecule has 3 heterocycles. The van der Waals surface area contributed by atoms with Crippen LogP contribution in [0.3, 0.4) is 0 Å². The zero-order chi connectivity index (χ0) is 35.1. The number of rotatable bonds is 6. The van der Waals surface area contributed by atoms with Gasteiger partial charge in [0.15, 0.2) is 5.82 Å². The summed E-state index contributed by atoms with van der Waals surface area (Å²) < 4.78 is 6.19. The van der Waals surface area contributed by atoms with E-state index >= 15 is 0 Å². The van der Waals surface area contributed by atoms with Crippen LogP contribution in [-0.2, 0) is 0 Å². The first-order chi connectivity index (χ1) is 26.2. The molecule has 3 aromatic heterocycles. The Labute approximate surface area is 306 Å². The molecule has 10 aromatic rings. The van der Waals surface area contributed by atoms with E-state index in [1.165, 1.54) is 10.8 Å².